The number of benzene rings is 1. The Morgan fingerprint density at radius 1 is 1.07 bits per heavy atom. The molecule has 28 heavy (non-hydrogen) atoms. The van der Waals surface area contributed by atoms with Crippen LogP contribution in [0, 0.1) is 18.8 Å². The van der Waals surface area contributed by atoms with Crippen LogP contribution in [0.4, 0.5) is 0 Å². The zero-order valence-electron chi connectivity index (χ0n) is 18.1. The van der Waals surface area contributed by atoms with Crippen LogP contribution in [0.2, 0.25) is 0 Å². The lowest BCUT2D eigenvalue weighted by Crippen LogP contribution is -2.30. The van der Waals surface area contributed by atoms with Crippen LogP contribution in [-0.4, -0.2) is 31.4 Å². The summed E-state index contributed by atoms with van der Waals surface area (Å²) >= 11 is 0. The van der Waals surface area contributed by atoms with E-state index in [4.69, 9.17) is 0 Å². The van der Waals surface area contributed by atoms with Crippen LogP contribution >= 0.6 is 0 Å². The van der Waals surface area contributed by atoms with E-state index < -0.39 is 9.84 Å². The molecular formula is C23H37NO3S. The summed E-state index contributed by atoms with van der Waals surface area (Å²) in [6, 6.07) is 6.14. The Balaban J connectivity index is 1.83. The number of hydrogen-bond donors (Lipinski definition) is 1. The number of rotatable bonds is 8. The second-order valence-electron chi connectivity index (χ2n) is 9.07. The third-order valence-corrected chi connectivity index (χ3v) is 8.37. The van der Waals surface area contributed by atoms with E-state index in [-0.39, 0.29) is 17.2 Å². The van der Waals surface area contributed by atoms with Gasteiger partial charge in [-0.3, -0.25) is 4.79 Å². The summed E-state index contributed by atoms with van der Waals surface area (Å²) in [6.45, 7) is 9.56. The fourth-order valence-corrected chi connectivity index (χ4v) is 5.41. The molecule has 0 aromatic heterocycles. The number of carbonyl (C=O) groups is 1. The molecule has 0 heterocycles. The first kappa shape index (κ1) is 22.9. The highest BCUT2D eigenvalue weighted by atomic mass is 32.2. The third kappa shape index (κ3) is 6.61. The van der Waals surface area contributed by atoms with E-state index in [0.717, 1.165) is 44.1 Å². The predicted octanol–water partition coefficient (Wildman–Crippen LogP) is 4.70. The molecule has 1 aromatic rings. The fraction of sp³-hybridized carbons (Fsp3) is 0.696. The maximum atomic E-state index is 12.1. The van der Waals surface area contributed by atoms with Gasteiger partial charge < -0.3 is 5.32 Å². The summed E-state index contributed by atoms with van der Waals surface area (Å²) in [7, 11) is -2.93. The highest BCUT2D eigenvalue weighted by Crippen LogP contribution is 2.33. The second-order valence-corrected chi connectivity index (χ2v) is 11.7. The zero-order chi connectivity index (χ0) is 20.9. The molecule has 5 heteroatoms. The van der Waals surface area contributed by atoms with Gasteiger partial charge in [0.2, 0.25) is 0 Å². The molecule has 0 atom stereocenters. The molecule has 1 aliphatic rings. The quantitative estimate of drug-likeness (QED) is 0.679. The monoisotopic (exact) mass is 407 g/mol. The molecule has 0 unspecified atom stereocenters. The molecule has 0 bridgehead atoms. The minimum absolute atomic E-state index is 0.0145. The van der Waals surface area contributed by atoms with Gasteiger partial charge in [-0.2, -0.15) is 0 Å². The van der Waals surface area contributed by atoms with Crippen molar-refractivity contribution in [1.82, 2.24) is 5.32 Å². The van der Waals surface area contributed by atoms with Gasteiger partial charge in [0.15, 0.2) is 9.84 Å². The van der Waals surface area contributed by atoms with Gasteiger partial charge in [0.05, 0.1) is 11.0 Å². The van der Waals surface area contributed by atoms with Crippen molar-refractivity contribution in [2.45, 2.75) is 84.4 Å². The van der Waals surface area contributed by atoms with Crippen molar-refractivity contribution in [3.8, 4) is 0 Å². The molecule has 1 aromatic carbocycles. The Bertz CT molecular complexity index is 760. The van der Waals surface area contributed by atoms with E-state index >= 15 is 0 Å². The van der Waals surface area contributed by atoms with E-state index in [2.05, 4.69) is 18.3 Å². The first-order valence-corrected chi connectivity index (χ1v) is 12.4. The van der Waals surface area contributed by atoms with Crippen LogP contribution in [0.1, 0.15) is 81.3 Å². The van der Waals surface area contributed by atoms with Crippen LogP contribution in [-0.2, 0) is 16.3 Å². The Labute approximate surface area is 171 Å². The first-order valence-electron chi connectivity index (χ1n) is 10.7. The van der Waals surface area contributed by atoms with Crippen molar-refractivity contribution in [3.63, 3.8) is 0 Å². The van der Waals surface area contributed by atoms with Crippen molar-refractivity contribution >= 4 is 15.7 Å². The Morgan fingerprint density at radius 3 is 2.21 bits per heavy atom. The second kappa shape index (κ2) is 9.91. The van der Waals surface area contributed by atoms with Gasteiger partial charge in [0, 0.05) is 11.6 Å². The summed E-state index contributed by atoms with van der Waals surface area (Å²) in [6.07, 6.45) is 6.49. The lowest BCUT2D eigenvalue weighted by molar-refractivity contribution is 0.0943. The van der Waals surface area contributed by atoms with Crippen molar-refractivity contribution in [1.29, 1.82) is 0 Å². The molecule has 158 valence electrons. The van der Waals surface area contributed by atoms with Crippen LogP contribution in [0.5, 0.6) is 0 Å². The van der Waals surface area contributed by atoms with Crippen molar-refractivity contribution in [2.75, 3.05) is 5.75 Å². The molecule has 1 aliphatic carbocycles. The number of aryl methyl sites for hydroxylation is 2. The van der Waals surface area contributed by atoms with Crippen LogP contribution in [0.3, 0.4) is 0 Å². The molecule has 0 spiro atoms. The zero-order valence-corrected chi connectivity index (χ0v) is 18.9. The molecule has 4 nitrogen and oxygen atoms in total. The third-order valence-electron chi connectivity index (χ3n) is 6.00. The van der Waals surface area contributed by atoms with Crippen LogP contribution in [0.15, 0.2) is 18.2 Å². The molecular weight excluding hydrogens is 370 g/mol. The number of nitrogens with one attached hydrogen (secondary N) is 1. The van der Waals surface area contributed by atoms with Crippen LogP contribution < -0.4 is 5.32 Å². The van der Waals surface area contributed by atoms with E-state index in [1.807, 2.05) is 26.0 Å². The molecule has 1 N–H and O–H groups in total. The topological polar surface area (TPSA) is 63.2 Å². The minimum atomic E-state index is -2.93. The average molecular weight is 408 g/mol. The van der Waals surface area contributed by atoms with E-state index in [1.54, 1.807) is 13.8 Å². The molecule has 0 aliphatic heterocycles. The number of hydrogen-bond acceptors (Lipinski definition) is 3. The van der Waals surface area contributed by atoms with Gasteiger partial charge in [-0.15, -0.1) is 0 Å². The summed E-state index contributed by atoms with van der Waals surface area (Å²) in [5.74, 6) is 1.36. The van der Waals surface area contributed by atoms with Gasteiger partial charge in [-0.05, 0) is 95.4 Å². The maximum Gasteiger partial charge on any atom is 0.251 e. The van der Waals surface area contributed by atoms with Crippen molar-refractivity contribution in [2.24, 2.45) is 11.8 Å². The number of carbonyl (C=O) groups excluding carboxylic acids is 1. The van der Waals surface area contributed by atoms with Gasteiger partial charge in [0.25, 0.3) is 5.91 Å². The standard InChI is InChI=1S/C23H37NO3S/c1-16(2)24-23(25)22-13-12-21(18(5)14-22)11-10-19-6-8-20(9-7-19)15-28(26,27)17(3)4/h12-14,16-17,19-20H,6-11,15H2,1-5H3,(H,24,25). The smallest absolute Gasteiger partial charge is 0.251 e. The average Bonchev–Trinajstić information content (AvgIpc) is 2.61. The predicted molar refractivity (Wildman–Crippen MR) is 116 cm³/mol. The number of amides is 1. The summed E-state index contributed by atoms with van der Waals surface area (Å²) in [4.78, 5) is 12.1. The summed E-state index contributed by atoms with van der Waals surface area (Å²) in [5.41, 5.74) is 3.21. The largest absolute Gasteiger partial charge is 0.350 e. The van der Waals surface area contributed by atoms with E-state index in [1.165, 1.54) is 11.1 Å². The summed E-state index contributed by atoms with van der Waals surface area (Å²) in [5, 5.41) is 2.67. The molecule has 0 radical (unpaired) electrons. The van der Waals surface area contributed by atoms with Gasteiger partial charge in [0.1, 0.15) is 0 Å². The molecule has 1 fully saturated rings. The van der Waals surface area contributed by atoms with E-state index in [0.29, 0.717) is 17.6 Å². The fourth-order valence-electron chi connectivity index (χ4n) is 4.03. The lowest BCUT2D eigenvalue weighted by Gasteiger charge is -2.29. The number of sulfone groups is 1. The van der Waals surface area contributed by atoms with E-state index in [9.17, 15) is 13.2 Å². The highest BCUT2D eigenvalue weighted by Gasteiger charge is 2.27. The maximum absolute atomic E-state index is 12.1. The minimum Gasteiger partial charge on any atom is -0.350 e. The Hall–Kier alpha value is -1.36. The van der Waals surface area contributed by atoms with Gasteiger partial charge >= 0.3 is 0 Å². The SMILES string of the molecule is Cc1cc(C(=O)NC(C)C)ccc1CCC1CCC(CS(=O)(=O)C(C)C)CC1. The molecule has 2 rings (SSSR count). The van der Waals surface area contributed by atoms with Gasteiger partial charge in [-0.1, -0.05) is 18.9 Å². The Kier molecular flexibility index (Phi) is 8.11. The Morgan fingerprint density at radius 2 is 1.68 bits per heavy atom. The highest BCUT2D eigenvalue weighted by molar-refractivity contribution is 7.91. The first-order chi connectivity index (χ1) is 13.1. The molecule has 1 amide bonds. The lowest BCUT2D eigenvalue weighted by atomic mass is 9.80. The normalized spacial score (nSPS) is 20.5. The van der Waals surface area contributed by atoms with Crippen LogP contribution in [0.25, 0.3) is 0 Å². The summed E-state index contributed by atoms with van der Waals surface area (Å²) < 4.78 is 24.3. The van der Waals surface area contributed by atoms with Crippen molar-refractivity contribution < 1.29 is 13.2 Å². The van der Waals surface area contributed by atoms with Crippen molar-refractivity contribution in [3.05, 3.63) is 34.9 Å². The van der Waals surface area contributed by atoms with Gasteiger partial charge in [-0.25, -0.2) is 8.42 Å². The molecule has 0 saturated heterocycles. The molecule has 1 saturated carbocycles.